The molecule has 20 heavy (non-hydrogen) atoms. The molecule has 1 fully saturated rings. The van der Waals surface area contributed by atoms with Crippen LogP contribution < -0.4 is 10.2 Å². The molecule has 1 unspecified atom stereocenters. The maximum Gasteiger partial charge on any atom is 0.509 e. The van der Waals surface area contributed by atoms with Crippen LogP contribution in [-0.2, 0) is 4.74 Å². The SMILES string of the molecule is Fc1ccc([B-](F)(F)F)cc1OCCCC1CCCO1. The number of hydrogen-bond acceptors (Lipinski definition) is 2. The fourth-order valence-electron chi connectivity index (χ4n) is 2.20. The van der Waals surface area contributed by atoms with E-state index in [9.17, 15) is 17.3 Å². The van der Waals surface area contributed by atoms with Crippen LogP contribution in [-0.4, -0.2) is 26.3 Å². The van der Waals surface area contributed by atoms with Gasteiger partial charge in [0.25, 0.3) is 0 Å². The molecular formula is C13H16BF4O2-. The Kier molecular flexibility index (Phi) is 4.91. The van der Waals surface area contributed by atoms with Gasteiger partial charge < -0.3 is 22.4 Å². The molecule has 2 nitrogen and oxygen atoms in total. The Labute approximate surface area is 115 Å². The molecule has 1 heterocycles. The molecule has 0 spiro atoms. The summed E-state index contributed by atoms with van der Waals surface area (Å²) in [4.78, 5) is 0. The third-order valence-corrected chi connectivity index (χ3v) is 3.29. The van der Waals surface area contributed by atoms with E-state index in [1.54, 1.807) is 0 Å². The summed E-state index contributed by atoms with van der Waals surface area (Å²) >= 11 is 0. The van der Waals surface area contributed by atoms with Crippen molar-refractivity contribution in [1.29, 1.82) is 0 Å². The van der Waals surface area contributed by atoms with E-state index in [0.29, 0.717) is 6.42 Å². The van der Waals surface area contributed by atoms with Crippen LogP contribution in [0.3, 0.4) is 0 Å². The van der Waals surface area contributed by atoms with Crippen LogP contribution in [0.1, 0.15) is 25.7 Å². The van der Waals surface area contributed by atoms with Gasteiger partial charge in [0.05, 0.1) is 12.7 Å². The summed E-state index contributed by atoms with van der Waals surface area (Å²) in [6.45, 7) is -4.19. The van der Waals surface area contributed by atoms with Gasteiger partial charge in [-0.2, -0.15) is 0 Å². The quantitative estimate of drug-likeness (QED) is 0.455. The molecule has 0 amide bonds. The van der Waals surface area contributed by atoms with Crippen molar-refractivity contribution in [2.24, 2.45) is 0 Å². The molecule has 7 heteroatoms. The van der Waals surface area contributed by atoms with Gasteiger partial charge in [0.15, 0.2) is 11.6 Å². The van der Waals surface area contributed by atoms with E-state index in [1.165, 1.54) is 0 Å². The van der Waals surface area contributed by atoms with Crippen LogP contribution in [0.5, 0.6) is 5.75 Å². The molecule has 2 rings (SSSR count). The Balaban J connectivity index is 1.85. The van der Waals surface area contributed by atoms with Crippen molar-refractivity contribution in [1.82, 2.24) is 0 Å². The van der Waals surface area contributed by atoms with Crippen LogP contribution >= 0.6 is 0 Å². The molecule has 0 radical (unpaired) electrons. The molecule has 0 saturated carbocycles. The third-order valence-electron chi connectivity index (χ3n) is 3.29. The fraction of sp³-hybridized carbons (Fsp3) is 0.538. The lowest BCUT2D eigenvalue weighted by atomic mass is 9.80. The Morgan fingerprint density at radius 1 is 1.30 bits per heavy atom. The zero-order valence-corrected chi connectivity index (χ0v) is 11.0. The summed E-state index contributed by atoms with van der Waals surface area (Å²) in [7, 11) is 0. The van der Waals surface area contributed by atoms with Crippen LogP contribution in [0.15, 0.2) is 18.2 Å². The van der Waals surface area contributed by atoms with E-state index < -0.39 is 18.3 Å². The van der Waals surface area contributed by atoms with Gasteiger partial charge in [-0.1, -0.05) is 6.07 Å². The first-order valence-electron chi connectivity index (χ1n) is 6.70. The fourth-order valence-corrected chi connectivity index (χ4v) is 2.20. The smallest absolute Gasteiger partial charge is 0.491 e. The predicted molar refractivity (Wildman–Crippen MR) is 68.8 cm³/mol. The maximum absolute atomic E-state index is 13.4. The van der Waals surface area contributed by atoms with E-state index in [1.807, 2.05) is 0 Å². The van der Waals surface area contributed by atoms with E-state index in [2.05, 4.69) is 0 Å². The highest BCUT2D eigenvalue weighted by atomic mass is 19.4. The number of ether oxygens (including phenoxy) is 2. The molecule has 1 aliphatic rings. The standard InChI is InChI=1S/C13H16BF4O2/c15-12-6-5-10(14(16,17)18)9-13(12)20-8-2-4-11-3-1-7-19-11/h5-6,9,11H,1-4,7-8H2/q-1. The summed E-state index contributed by atoms with van der Waals surface area (Å²) in [6, 6.07) is 2.25. The monoisotopic (exact) mass is 291 g/mol. The average molecular weight is 291 g/mol. The zero-order valence-electron chi connectivity index (χ0n) is 11.0. The molecule has 1 aliphatic heterocycles. The zero-order chi connectivity index (χ0) is 14.6. The van der Waals surface area contributed by atoms with Crippen LogP contribution in [0, 0.1) is 5.82 Å². The van der Waals surface area contributed by atoms with Crippen molar-refractivity contribution in [3.63, 3.8) is 0 Å². The van der Waals surface area contributed by atoms with Crippen LogP contribution in [0.4, 0.5) is 17.3 Å². The van der Waals surface area contributed by atoms with Gasteiger partial charge in [-0.3, -0.25) is 0 Å². The second kappa shape index (κ2) is 6.48. The van der Waals surface area contributed by atoms with Crippen molar-refractivity contribution < 1.29 is 26.8 Å². The molecule has 0 bridgehead atoms. The van der Waals surface area contributed by atoms with Crippen molar-refractivity contribution in [2.45, 2.75) is 31.8 Å². The van der Waals surface area contributed by atoms with E-state index in [0.717, 1.165) is 44.1 Å². The maximum atomic E-state index is 13.4. The van der Waals surface area contributed by atoms with Gasteiger partial charge in [-0.25, -0.2) is 4.39 Å². The Hall–Kier alpha value is -1.24. The summed E-state index contributed by atoms with van der Waals surface area (Å²) in [6.07, 6.45) is 3.65. The van der Waals surface area contributed by atoms with E-state index >= 15 is 0 Å². The highest BCUT2D eigenvalue weighted by molar-refractivity contribution is 6.73. The molecule has 0 N–H and O–H groups in total. The molecule has 1 atom stereocenters. The van der Waals surface area contributed by atoms with E-state index in [-0.39, 0.29) is 18.5 Å². The third kappa shape index (κ3) is 4.13. The van der Waals surface area contributed by atoms with Crippen molar-refractivity contribution in [3.8, 4) is 5.75 Å². The van der Waals surface area contributed by atoms with Crippen LogP contribution in [0.25, 0.3) is 0 Å². The minimum absolute atomic E-state index is 0.186. The second-order valence-corrected chi connectivity index (χ2v) is 4.89. The number of rotatable bonds is 6. The van der Waals surface area contributed by atoms with Crippen molar-refractivity contribution in [3.05, 3.63) is 24.0 Å². The minimum atomic E-state index is -5.14. The van der Waals surface area contributed by atoms with Gasteiger partial charge in [-0.15, -0.1) is 5.46 Å². The summed E-state index contributed by atoms with van der Waals surface area (Å²) < 4.78 is 61.6. The first kappa shape index (κ1) is 15.2. The Morgan fingerprint density at radius 2 is 2.10 bits per heavy atom. The lowest BCUT2D eigenvalue weighted by Gasteiger charge is -2.17. The summed E-state index contributed by atoms with van der Waals surface area (Å²) in [5, 5.41) is 0. The Bertz CT molecular complexity index is 444. The lowest BCUT2D eigenvalue weighted by molar-refractivity contribution is 0.0979. The minimum Gasteiger partial charge on any atom is -0.491 e. The van der Waals surface area contributed by atoms with Crippen LogP contribution in [0.2, 0.25) is 0 Å². The largest absolute Gasteiger partial charge is 0.509 e. The van der Waals surface area contributed by atoms with Gasteiger partial charge in [0.1, 0.15) is 0 Å². The Morgan fingerprint density at radius 3 is 2.75 bits per heavy atom. The summed E-state index contributed by atoms with van der Waals surface area (Å²) in [5.41, 5.74) is -0.847. The van der Waals surface area contributed by atoms with Gasteiger partial charge in [-0.05, 0) is 37.8 Å². The highest BCUT2D eigenvalue weighted by Crippen LogP contribution is 2.20. The van der Waals surface area contributed by atoms with Gasteiger partial charge >= 0.3 is 6.98 Å². The van der Waals surface area contributed by atoms with Crippen molar-refractivity contribution >= 4 is 12.4 Å². The highest BCUT2D eigenvalue weighted by Gasteiger charge is 2.26. The first-order chi connectivity index (χ1) is 9.47. The average Bonchev–Trinajstić information content (AvgIpc) is 2.88. The lowest BCUT2D eigenvalue weighted by Crippen LogP contribution is -2.34. The molecule has 1 saturated heterocycles. The number of benzene rings is 1. The molecular weight excluding hydrogens is 275 g/mol. The summed E-state index contributed by atoms with van der Waals surface area (Å²) in [5.74, 6) is -1.11. The predicted octanol–water partition coefficient (Wildman–Crippen LogP) is 3.22. The normalized spacial score (nSPS) is 19.3. The number of halogens is 4. The molecule has 1 aromatic carbocycles. The molecule has 112 valence electrons. The second-order valence-electron chi connectivity index (χ2n) is 4.89. The first-order valence-corrected chi connectivity index (χ1v) is 6.70. The van der Waals surface area contributed by atoms with Crippen molar-refractivity contribution in [2.75, 3.05) is 13.2 Å². The van der Waals surface area contributed by atoms with E-state index in [4.69, 9.17) is 9.47 Å². The number of hydrogen-bond donors (Lipinski definition) is 0. The molecule has 1 aromatic rings. The molecule has 0 aliphatic carbocycles. The topological polar surface area (TPSA) is 18.5 Å². The molecule has 0 aromatic heterocycles. The van der Waals surface area contributed by atoms with Gasteiger partial charge in [0.2, 0.25) is 0 Å². The van der Waals surface area contributed by atoms with Gasteiger partial charge in [0, 0.05) is 6.61 Å².